The van der Waals surface area contributed by atoms with Gasteiger partial charge in [0, 0.05) is 18.3 Å². The van der Waals surface area contributed by atoms with Gasteiger partial charge in [0.05, 0.1) is 36.6 Å². The third-order valence-electron chi connectivity index (χ3n) is 4.90. The van der Waals surface area contributed by atoms with Crippen LogP contribution in [0.2, 0.25) is 10.0 Å². The van der Waals surface area contributed by atoms with Crippen LogP contribution >= 0.6 is 35.0 Å². The number of rotatable bonds is 11. The fourth-order valence-electron chi connectivity index (χ4n) is 3.13. The van der Waals surface area contributed by atoms with Crippen molar-refractivity contribution < 1.29 is 19.1 Å². The monoisotopic (exact) mass is 549 g/mol. The summed E-state index contributed by atoms with van der Waals surface area (Å²) in [7, 11) is 3.11. The lowest BCUT2D eigenvalue weighted by Gasteiger charge is -2.09. The van der Waals surface area contributed by atoms with Gasteiger partial charge in [-0.2, -0.15) is 0 Å². The lowest BCUT2D eigenvalue weighted by Crippen LogP contribution is -2.22. The van der Waals surface area contributed by atoms with Gasteiger partial charge in [-0.3, -0.25) is 9.59 Å². The molecule has 0 aliphatic carbocycles. The SMILES string of the molecule is CCn1c(CNC(=O)C=Cc2ccc(OC)c(OC)c2)nnc1SCC(=O)Nc1ccc(Cl)c(Cl)c1. The largest absolute Gasteiger partial charge is 0.493 e. The number of carbonyl (C=O) groups is 2. The molecule has 0 aliphatic heterocycles. The molecule has 12 heteroatoms. The zero-order valence-corrected chi connectivity index (χ0v) is 22.2. The summed E-state index contributed by atoms with van der Waals surface area (Å²) in [5.41, 5.74) is 1.34. The average Bonchev–Trinajstić information content (AvgIpc) is 3.28. The van der Waals surface area contributed by atoms with Crippen molar-refractivity contribution in [3.05, 3.63) is 63.9 Å². The number of carbonyl (C=O) groups excluding carboxylic acids is 2. The van der Waals surface area contributed by atoms with E-state index in [1.165, 1.54) is 17.8 Å². The molecule has 1 aromatic heterocycles. The maximum Gasteiger partial charge on any atom is 0.244 e. The first-order valence-corrected chi connectivity index (χ1v) is 12.6. The van der Waals surface area contributed by atoms with E-state index in [1.54, 1.807) is 50.6 Å². The van der Waals surface area contributed by atoms with Crippen LogP contribution in [0.4, 0.5) is 5.69 Å². The molecule has 9 nitrogen and oxygen atoms in total. The molecule has 190 valence electrons. The standard InChI is InChI=1S/C24H25Cl2N5O4S/c1-4-31-21(13-27-22(32)10-6-15-5-9-19(34-2)20(11-15)35-3)29-30-24(31)36-14-23(33)28-16-7-8-17(25)18(26)12-16/h5-12H,4,13-14H2,1-3H3,(H,27,32)(H,28,33). The zero-order valence-electron chi connectivity index (χ0n) is 19.9. The Morgan fingerprint density at radius 3 is 2.53 bits per heavy atom. The molecule has 0 radical (unpaired) electrons. The molecule has 0 bridgehead atoms. The van der Waals surface area contributed by atoms with Gasteiger partial charge in [-0.05, 0) is 48.9 Å². The molecule has 0 spiro atoms. The molecule has 0 unspecified atom stereocenters. The molecule has 1 heterocycles. The van der Waals surface area contributed by atoms with Crippen LogP contribution in [0.15, 0.2) is 47.6 Å². The second-order valence-corrected chi connectivity index (χ2v) is 9.03. The van der Waals surface area contributed by atoms with Crippen LogP contribution in [0, 0.1) is 0 Å². The normalized spacial score (nSPS) is 10.9. The second kappa shape index (κ2) is 13.2. The molecule has 2 aromatic carbocycles. The van der Waals surface area contributed by atoms with Crippen molar-refractivity contribution in [1.29, 1.82) is 0 Å². The van der Waals surface area contributed by atoms with Gasteiger partial charge in [-0.1, -0.05) is 41.0 Å². The number of hydrogen-bond acceptors (Lipinski definition) is 7. The minimum Gasteiger partial charge on any atom is -0.493 e. The number of benzene rings is 2. The van der Waals surface area contributed by atoms with Crippen LogP contribution in [0.25, 0.3) is 6.08 Å². The molecule has 36 heavy (non-hydrogen) atoms. The van der Waals surface area contributed by atoms with Crippen LogP contribution in [-0.4, -0.2) is 46.6 Å². The van der Waals surface area contributed by atoms with Crippen molar-refractivity contribution in [2.24, 2.45) is 0 Å². The predicted octanol–water partition coefficient (Wildman–Crippen LogP) is 4.68. The Kier molecular flexibility index (Phi) is 10.0. The van der Waals surface area contributed by atoms with Crippen molar-refractivity contribution in [3.63, 3.8) is 0 Å². The van der Waals surface area contributed by atoms with Gasteiger partial charge in [-0.15, -0.1) is 10.2 Å². The van der Waals surface area contributed by atoms with E-state index in [2.05, 4.69) is 20.8 Å². The number of hydrogen-bond donors (Lipinski definition) is 2. The van der Waals surface area contributed by atoms with Gasteiger partial charge < -0.3 is 24.7 Å². The molecular formula is C24H25Cl2N5O4S. The first-order chi connectivity index (χ1) is 17.3. The topological polar surface area (TPSA) is 107 Å². The van der Waals surface area contributed by atoms with E-state index < -0.39 is 0 Å². The predicted molar refractivity (Wildman–Crippen MR) is 142 cm³/mol. The molecular weight excluding hydrogens is 525 g/mol. The fraction of sp³-hybridized carbons (Fsp3) is 0.250. The Balaban J connectivity index is 1.54. The Bertz CT molecular complexity index is 1270. The number of halogens is 2. The summed E-state index contributed by atoms with van der Waals surface area (Å²) in [4.78, 5) is 24.6. The molecule has 3 rings (SSSR count). The van der Waals surface area contributed by atoms with E-state index in [-0.39, 0.29) is 24.1 Å². The highest BCUT2D eigenvalue weighted by molar-refractivity contribution is 7.99. The van der Waals surface area contributed by atoms with Gasteiger partial charge in [0.1, 0.15) is 0 Å². The quantitative estimate of drug-likeness (QED) is 0.264. The van der Waals surface area contributed by atoms with Crippen LogP contribution < -0.4 is 20.1 Å². The second-order valence-electron chi connectivity index (χ2n) is 7.27. The van der Waals surface area contributed by atoms with Gasteiger partial charge in [0.25, 0.3) is 0 Å². The van der Waals surface area contributed by atoms with Crippen LogP contribution in [0.5, 0.6) is 11.5 Å². The van der Waals surface area contributed by atoms with Crippen LogP contribution in [0.1, 0.15) is 18.3 Å². The number of anilines is 1. The zero-order chi connectivity index (χ0) is 26.1. The summed E-state index contributed by atoms with van der Waals surface area (Å²) in [6, 6.07) is 10.2. The molecule has 0 saturated heterocycles. The van der Waals surface area contributed by atoms with Gasteiger partial charge >= 0.3 is 0 Å². The molecule has 0 fully saturated rings. The van der Waals surface area contributed by atoms with Gasteiger partial charge in [0.2, 0.25) is 11.8 Å². The molecule has 3 aromatic rings. The summed E-state index contributed by atoms with van der Waals surface area (Å²) < 4.78 is 12.3. The highest BCUT2D eigenvalue weighted by Gasteiger charge is 2.14. The Labute approximate surface area is 223 Å². The maximum atomic E-state index is 12.3. The molecule has 0 aliphatic rings. The van der Waals surface area contributed by atoms with Crippen LogP contribution in [-0.2, 0) is 22.7 Å². The molecule has 2 amide bonds. The summed E-state index contributed by atoms with van der Waals surface area (Å²) >= 11 is 13.1. The Hall–Kier alpha value is -3.21. The smallest absolute Gasteiger partial charge is 0.244 e. The summed E-state index contributed by atoms with van der Waals surface area (Å²) in [6.07, 6.45) is 3.10. The number of aromatic nitrogens is 3. The van der Waals surface area contributed by atoms with Crippen molar-refractivity contribution in [2.75, 3.05) is 25.3 Å². The molecule has 0 saturated carbocycles. The first-order valence-electron chi connectivity index (χ1n) is 10.8. The fourth-order valence-corrected chi connectivity index (χ4v) is 4.25. The number of thioether (sulfide) groups is 1. The van der Waals surface area contributed by atoms with Crippen molar-refractivity contribution in [1.82, 2.24) is 20.1 Å². The minimum atomic E-state index is -0.286. The van der Waals surface area contributed by atoms with Crippen molar-refractivity contribution in [2.45, 2.75) is 25.2 Å². The summed E-state index contributed by atoms with van der Waals surface area (Å²) in [5, 5.41) is 15.2. The third-order valence-corrected chi connectivity index (χ3v) is 6.61. The van der Waals surface area contributed by atoms with E-state index in [0.29, 0.717) is 44.8 Å². The maximum absolute atomic E-state index is 12.3. The van der Waals surface area contributed by atoms with E-state index in [1.807, 2.05) is 17.6 Å². The van der Waals surface area contributed by atoms with E-state index in [4.69, 9.17) is 32.7 Å². The van der Waals surface area contributed by atoms with Crippen LogP contribution in [0.3, 0.4) is 0 Å². The highest BCUT2D eigenvalue weighted by Crippen LogP contribution is 2.28. The number of amides is 2. The number of ether oxygens (including phenoxy) is 2. The average molecular weight is 550 g/mol. The molecule has 0 atom stereocenters. The number of methoxy groups -OCH3 is 2. The lowest BCUT2D eigenvalue weighted by molar-refractivity contribution is -0.116. The van der Waals surface area contributed by atoms with Gasteiger partial charge in [0.15, 0.2) is 22.5 Å². The third kappa shape index (κ3) is 7.39. The van der Waals surface area contributed by atoms with E-state index in [9.17, 15) is 9.59 Å². The van der Waals surface area contributed by atoms with Crippen molar-refractivity contribution in [3.8, 4) is 11.5 Å². The Morgan fingerprint density at radius 2 is 1.83 bits per heavy atom. The lowest BCUT2D eigenvalue weighted by atomic mass is 10.2. The van der Waals surface area contributed by atoms with Gasteiger partial charge in [-0.25, -0.2) is 0 Å². The van der Waals surface area contributed by atoms with E-state index in [0.717, 1.165) is 5.56 Å². The van der Waals surface area contributed by atoms with Crippen molar-refractivity contribution >= 4 is 58.5 Å². The number of nitrogens with zero attached hydrogens (tertiary/aromatic N) is 3. The summed E-state index contributed by atoms with van der Waals surface area (Å²) in [5.74, 6) is 1.38. The summed E-state index contributed by atoms with van der Waals surface area (Å²) in [6.45, 7) is 2.70. The van der Waals surface area contributed by atoms with E-state index >= 15 is 0 Å². The first kappa shape index (κ1) is 27.4. The highest BCUT2D eigenvalue weighted by atomic mass is 35.5. The molecule has 2 N–H and O–H groups in total. The Morgan fingerprint density at radius 1 is 1.06 bits per heavy atom. The minimum absolute atomic E-state index is 0.124. The number of nitrogens with one attached hydrogen (secondary N) is 2.